The third-order valence-electron chi connectivity index (χ3n) is 3.14. The minimum absolute atomic E-state index is 0.217. The van der Waals surface area contributed by atoms with Crippen molar-refractivity contribution in [1.82, 2.24) is 4.57 Å². The van der Waals surface area contributed by atoms with Crippen LogP contribution in [-0.2, 0) is 4.79 Å². The summed E-state index contributed by atoms with van der Waals surface area (Å²) >= 11 is 0. The zero-order valence-electron chi connectivity index (χ0n) is 11.6. The standard InChI is InChI=1S/C16H15N3O2/c1-2-14(19-9-4-3-8-15(19)20)16(21)18-13-7-5-6-12(10-13)11-17/h3-10,14H,2H2,1H3,(H,18,21). The van der Waals surface area contributed by atoms with Crippen LogP contribution in [0.1, 0.15) is 24.9 Å². The number of amides is 1. The molecule has 0 aliphatic heterocycles. The fourth-order valence-corrected chi connectivity index (χ4v) is 2.10. The van der Waals surface area contributed by atoms with Crippen LogP contribution in [0.3, 0.4) is 0 Å². The van der Waals surface area contributed by atoms with Crippen molar-refractivity contribution in [2.24, 2.45) is 0 Å². The molecule has 1 atom stereocenters. The van der Waals surface area contributed by atoms with E-state index in [9.17, 15) is 9.59 Å². The molecule has 0 radical (unpaired) electrons. The summed E-state index contributed by atoms with van der Waals surface area (Å²) in [5, 5.41) is 11.6. The van der Waals surface area contributed by atoms with Crippen LogP contribution >= 0.6 is 0 Å². The molecule has 1 aromatic heterocycles. The number of benzene rings is 1. The number of carbonyl (C=O) groups is 1. The van der Waals surface area contributed by atoms with E-state index in [1.807, 2.05) is 13.0 Å². The molecule has 0 aliphatic rings. The number of aromatic nitrogens is 1. The molecule has 0 saturated carbocycles. The summed E-state index contributed by atoms with van der Waals surface area (Å²) in [6.45, 7) is 1.84. The number of nitriles is 1. The van der Waals surface area contributed by atoms with Crippen molar-refractivity contribution < 1.29 is 4.79 Å². The quantitative estimate of drug-likeness (QED) is 0.934. The van der Waals surface area contributed by atoms with E-state index < -0.39 is 6.04 Å². The minimum atomic E-state index is -0.579. The van der Waals surface area contributed by atoms with Gasteiger partial charge in [-0.2, -0.15) is 5.26 Å². The highest BCUT2D eigenvalue weighted by atomic mass is 16.2. The van der Waals surface area contributed by atoms with Crippen LogP contribution in [0.25, 0.3) is 0 Å². The molecular formula is C16H15N3O2. The molecule has 2 aromatic rings. The Morgan fingerprint density at radius 3 is 2.81 bits per heavy atom. The van der Waals surface area contributed by atoms with E-state index in [2.05, 4.69) is 5.32 Å². The summed E-state index contributed by atoms with van der Waals surface area (Å²) in [6.07, 6.45) is 2.09. The average Bonchev–Trinajstić information content (AvgIpc) is 2.50. The normalized spacial score (nSPS) is 11.4. The Morgan fingerprint density at radius 1 is 1.33 bits per heavy atom. The van der Waals surface area contributed by atoms with Gasteiger partial charge in [0.25, 0.3) is 5.56 Å². The second-order valence-electron chi connectivity index (χ2n) is 4.55. The van der Waals surface area contributed by atoms with E-state index in [-0.39, 0.29) is 11.5 Å². The summed E-state index contributed by atoms with van der Waals surface area (Å²) in [6, 6.07) is 12.9. The van der Waals surface area contributed by atoms with Gasteiger partial charge in [-0.3, -0.25) is 9.59 Å². The van der Waals surface area contributed by atoms with Crippen molar-refractivity contribution >= 4 is 11.6 Å². The average molecular weight is 281 g/mol. The molecule has 2 rings (SSSR count). The Kier molecular flexibility index (Phi) is 4.52. The molecule has 0 fully saturated rings. The van der Waals surface area contributed by atoms with Gasteiger partial charge in [-0.1, -0.05) is 19.1 Å². The minimum Gasteiger partial charge on any atom is -0.324 e. The molecule has 21 heavy (non-hydrogen) atoms. The fourth-order valence-electron chi connectivity index (χ4n) is 2.10. The zero-order chi connectivity index (χ0) is 15.2. The summed E-state index contributed by atoms with van der Waals surface area (Å²) in [5.74, 6) is -0.277. The van der Waals surface area contributed by atoms with Crippen LogP contribution in [0.2, 0.25) is 0 Å². The first-order valence-corrected chi connectivity index (χ1v) is 6.64. The molecule has 1 aromatic carbocycles. The lowest BCUT2D eigenvalue weighted by atomic mass is 10.1. The molecule has 5 heteroatoms. The molecule has 1 unspecified atom stereocenters. The largest absolute Gasteiger partial charge is 0.324 e. The first-order chi connectivity index (χ1) is 10.2. The van der Waals surface area contributed by atoms with E-state index >= 15 is 0 Å². The number of carbonyl (C=O) groups excluding carboxylic acids is 1. The molecule has 5 nitrogen and oxygen atoms in total. The Balaban J connectivity index is 2.24. The second-order valence-corrected chi connectivity index (χ2v) is 4.55. The van der Waals surface area contributed by atoms with E-state index in [0.717, 1.165) is 0 Å². The summed E-state index contributed by atoms with van der Waals surface area (Å²) < 4.78 is 1.41. The molecule has 106 valence electrons. The van der Waals surface area contributed by atoms with Gasteiger partial charge in [0.1, 0.15) is 6.04 Å². The van der Waals surface area contributed by atoms with E-state index in [4.69, 9.17) is 5.26 Å². The lowest BCUT2D eigenvalue weighted by molar-refractivity contribution is -0.119. The van der Waals surface area contributed by atoms with Gasteiger partial charge in [0, 0.05) is 18.0 Å². The smallest absolute Gasteiger partial charge is 0.251 e. The van der Waals surface area contributed by atoms with Crippen LogP contribution in [0.4, 0.5) is 5.69 Å². The zero-order valence-corrected chi connectivity index (χ0v) is 11.6. The van der Waals surface area contributed by atoms with Gasteiger partial charge in [0.15, 0.2) is 0 Å². The van der Waals surface area contributed by atoms with Gasteiger partial charge < -0.3 is 9.88 Å². The van der Waals surface area contributed by atoms with Gasteiger partial charge >= 0.3 is 0 Å². The first-order valence-electron chi connectivity index (χ1n) is 6.64. The second kappa shape index (κ2) is 6.53. The molecule has 1 heterocycles. The number of rotatable bonds is 4. The van der Waals surface area contributed by atoms with E-state index in [1.165, 1.54) is 10.6 Å². The number of pyridine rings is 1. The number of nitrogens with one attached hydrogen (secondary N) is 1. The Labute approximate surface area is 122 Å². The fraction of sp³-hybridized carbons (Fsp3) is 0.188. The maximum absolute atomic E-state index is 12.3. The third-order valence-corrected chi connectivity index (χ3v) is 3.14. The number of hydrogen-bond acceptors (Lipinski definition) is 3. The van der Waals surface area contributed by atoms with E-state index in [0.29, 0.717) is 17.7 Å². The predicted molar refractivity (Wildman–Crippen MR) is 79.8 cm³/mol. The predicted octanol–water partition coefficient (Wildman–Crippen LogP) is 2.31. The summed E-state index contributed by atoms with van der Waals surface area (Å²) in [7, 11) is 0. The van der Waals surface area contributed by atoms with Gasteiger partial charge in [0.05, 0.1) is 11.6 Å². The van der Waals surface area contributed by atoms with E-state index in [1.54, 1.807) is 42.6 Å². The number of hydrogen-bond donors (Lipinski definition) is 1. The topological polar surface area (TPSA) is 74.9 Å². The highest BCUT2D eigenvalue weighted by Gasteiger charge is 2.19. The molecule has 0 bridgehead atoms. The SMILES string of the molecule is CCC(C(=O)Nc1cccc(C#N)c1)n1ccccc1=O. The lowest BCUT2D eigenvalue weighted by Gasteiger charge is -2.17. The Hall–Kier alpha value is -2.87. The van der Waals surface area contributed by atoms with Crippen LogP contribution in [0.5, 0.6) is 0 Å². The van der Waals surface area contributed by atoms with Crippen LogP contribution in [-0.4, -0.2) is 10.5 Å². The van der Waals surface area contributed by atoms with Gasteiger partial charge in [-0.25, -0.2) is 0 Å². The molecule has 0 aliphatic carbocycles. The van der Waals surface area contributed by atoms with Crippen molar-refractivity contribution in [2.75, 3.05) is 5.32 Å². The maximum atomic E-state index is 12.3. The van der Waals surface area contributed by atoms with Crippen LogP contribution < -0.4 is 10.9 Å². The highest BCUT2D eigenvalue weighted by molar-refractivity contribution is 5.93. The summed E-state index contributed by atoms with van der Waals surface area (Å²) in [5.41, 5.74) is 0.796. The Bertz CT molecular complexity index is 743. The monoisotopic (exact) mass is 281 g/mol. The van der Waals surface area contributed by atoms with Crippen molar-refractivity contribution in [2.45, 2.75) is 19.4 Å². The molecule has 0 saturated heterocycles. The molecule has 1 amide bonds. The molecule has 0 spiro atoms. The number of nitrogens with zero attached hydrogens (tertiary/aromatic N) is 2. The molecule has 1 N–H and O–H groups in total. The van der Waals surface area contributed by atoms with Crippen molar-refractivity contribution in [3.63, 3.8) is 0 Å². The summed E-state index contributed by atoms with van der Waals surface area (Å²) in [4.78, 5) is 24.2. The van der Waals surface area contributed by atoms with Crippen LogP contribution in [0.15, 0.2) is 53.5 Å². The first kappa shape index (κ1) is 14.5. The number of anilines is 1. The highest BCUT2D eigenvalue weighted by Crippen LogP contribution is 2.15. The van der Waals surface area contributed by atoms with Gasteiger partial charge in [-0.15, -0.1) is 0 Å². The van der Waals surface area contributed by atoms with Crippen LogP contribution in [0, 0.1) is 11.3 Å². The third kappa shape index (κ3) is 3.37. The van der Waals surface area contributed by atoms with Gasteiger partial charge in [-0.05, 0) is 30.7 Å². The van der Waals surface area contributed by atoms with Gasteiger partial charge in [0.2, 0.25) is 5.91 Å². The maximum Gasteiger partial charge on any atom is 0.251 e. The van der Waals surface area contributed by atoms with Crippen molar-refractivity contribution in [3.8, 4) is 6.07 Å². The molecular weight excluding hydrogens is 266 g/mol. The van der Waals surface area contributed by atoms with Crippen molar-refractivity contribution in [3.05, 3.63) is 64.6 Å². The Morgan fingerprint density at radius 2 is 2.14 bits per heavy atom. The lowest BCUT2D eigenvalue weighted by Crippen LogP contribution is -2.32. The van der Waals surface area contributed by atoms with Crippen molar-refractivity contribution in [1.29, 1.82) is 5.26 Å².